The Morgan fingerprint density at radius 2 is 2.20 bits per heavy atom. The summed E-state index contributed by atoms with van der Waals surface area (Å²) in [4.78, 5) is 7.00. The Bertz CT molecular complexity index is 609. The molecular weight excluding hydrogens is 190 g/mol. The van der Waals surface area contributed by atoms with Crippen LogP contribution in [0.25, 0.3) is 22.2 Å². The fraction of sp³-hybridized carbons (Fsp3) is 0. The van der Waals surface area contributed by atoms with Crippen molar-refractivity contribution < 1.29 is 4.42 Å². The van der Waals surface area contributed by atoms with Gasteiger partial charge in [-0.2, -0.15) is 0 Å². The molecule has 0 amide bonds. The standard InChI is InChI=1S/C11H9N3O/c12-11-14-6-10(15-11)8-2-1-7-3-4-13-9(7)5-8/h1-6,13H,(H2,12,14). The zero-order valence-electron chi connectivity index (χ0n) is 7.90. The second kappa shape index (κ2) is 2.88. The van der Waals surface area contributed by atoms with Gasteiger partial charge in [0.1, 0.15) is 0 Å². The Kier molecular flexibility index (Phi) is 1.56. The van der Waals surface area contributed by atoms with Crippen LogP contribution in [0.1, 0.15) is 0 Å². The van der Waals surface area contributed by atoms with Crippen molar-refractivity contribution >= 4 is 16.9 Å². The smallest absolute Gasteiger partial charge is 0.292 e. The van der Waals surface area contributed by atoms with Crippen LogP contribution in [-0.2, 0) is 0 Å². The lowest BCUT2D eigenvalue weighted by atomic mass is 10.1. The maximum atomic E-state index is 5.42. The molecule has 0 atom stereocenters. The lowest BCUT2D eigenvalue weighted by Gasteiger charge is -1.96. The van der Waals surface area contributed by atoms with Gasteiger partial charge in [-0.15, -0.1) is 0 Å². The van der Waals surface area contributed by atoms with Crippen LogP contribution >= 0.6 is 0 Å². The Morgan fingerprint density at radius 3 is 3.00 bits per heavy atom. The molecule has 0 spiro atoms. The molecule has 3 rings (SSSR count). The highest BCUT2D eigenvalue weighted by Crippen LogP contribution is 2.24. The van der Waals surface area contributed by atoms with Gasteiger partial charge in [-0.3, -0.25) is 0 Å². The SMILES string of the molecule is Nc1ncc(-c2ccc3cc[nH]c3c2)o1. The van der Waals surface area contributed by atoms with Gasteiger partial charge in [0.15, 0.2) is 5.76 Å². The summed E-state index contributed by atoms with van der Waals surface area (Å²) in [6.07, 6.45) is 3.53. The maximum absolute atomic E-state index is 5.42. The van der Waals surface area contributed by atoms with E-state index in [1.807, 2.05) is 30.5 Å². The zero-order valence-corrected chi connectivity index (χ0v) is 7.90. The average Bonchev–Trinajstić information content (AvgIpc) is 2.84. The number of aromatic amines is 1. The van der Waals surface area contributed by atoms with Gasteiger partial charge < -0.3 is 15.1 Å². The van der Waals surface area contributed by atoms with Gasteiger partial charge in [-0.25, -0.2) is 4.98 Å². The van der Waals surface area contributed by atoms with Gasteiger partial charge in [0, 0.05) is 17.3 Å². The van der Waals surface area contributed by atoms with Crippen LogP contribution < -0.4 is 5.73 Å². The van der Waals surface area contributed by atoms with Gasteiger partial charge in [0.05, 0.1) is 6.20 Å². The summed E-state index contributed by atoms with van der Waals surface area (Å²) in [6.45, 7) is 0. The highest BCUT2D eigenvalue weighted by Gasteiger charge is 2.04. The first-order valence-electron chi connectivity index (χ1n) is 4.62. The van der Waals surface area contributed by atoms with E-state index < -0.39 is 0 Å². The molecule has 0 unspecified atom stereocenters. The lowest BCUT2D eigenvalue weighted by molar-refractivity contribution is 0.595. The van der Waals surface area contributed by atoms with Crippen LogP contribution in [0.5, 0.6) is 0 Å². The van der Waals surface area contributed by atoms with Crippen LogP contribution in [-0.4, -0.2) is 9.97 Å². The molecule has 74 valence electrons. The number of hydrogen-bond donors (Lipinski definition) is 2. The van der Waals surface area contributed by atoms with E-state index >= 15 is 0 Å². The van der Waals surface area contributed by atoms with E-state index in [1.165, 1.54) is 5.39 Å². The number of nitrogens with two attached hydrogens (primary N) is 1. The number of hydrogen-bond acceptors (Lipinski definition) is 3. The van der Waals surface area contributed by atoms with E-state index in [2.05, 4.69) is 9.97 Å². The molecule has 3 aromatic rings. The van der Waals surface area contributed by atoms with Crippen molar-refractivity contribution in [2.75, 3.05) is 5.73 Å². The Labute approximate surface area is 85.7 Å². The fourth-order valence-corrected chi connectivity index (χ4v) is 1.62. The number of oxazole rings is 1. The van der Waals surface area contributed by atoms with Crippen molar-refractivity contribution in [2.45, 2.75) is 0 Å². The van der Waals surface area contributed by atoms with E-state index in [4.69, 9.17) is 10.2 Å². The van der Waals surface area contributed by atoms with E-state index in [-0.39, 0.29) is 6.01 Å². The zero-order chi connectivity index (χ0) is 10.3. The van der Waals surface area contributed by atoms with Crippen LogP contribution in [0.3, 0.4) is 0 Å². The van der Waals surface area contributed by atoms with Crippen LogP contribution in [0, 0.1) is 0 Å². The summed E-state index contributed by atoms with van der Waals surface area (Å²) >= 11 is 0. The number of aromatic nitrogens is 2. The molecule has 0 saturated carbocycles. The molecule has 4 nitrogen and oxygen atoms in total. The van der Waals surface area contributed by atoms with Crippen molar-refractivity contribution in [2.24, 2.45) is 0 Å². The summed E-state index contributed by atoms with van der Waals surface area (Å²) in [5.74, 6) is 0.684. The van der Waals surface area contributed by atoms with Crippen molar-refractivity contribution in [3.63, 3.8) is 0 Å². The van der Waals surface area contributed by atoms with E-state index in [0.29, 0.717) is 5.76 Å². The summed E-state index contributed by atoms with van der Waals surface area (Å²) in [7, 11) is 0. The Morgan fingerprint density at radius 1 is 1.27 bits per heavy atom. The molecule has 2 heterocycles. The third-order valence-corrected chi connectivity index (χ3v) is 2.36. The summed E-state index contributed by atoms with van der Waals surface area (Å²) in [5.41, 5.74) is 7.46. The molecule has 4 heteroatoms. The fourth-order valence-electron chi connectivity index (χ4n) is 1.62. The molecular formula is C11H9N3O. The number of rotatable bonds is 1. The van der Waals surface area contributed by atoms with Gasteiger partial charge in [-0.1, -0.05) is 12.1 Å². The molecule has 0 aliphatic carbocycles. The monoisotopic (exact) mass is 199 g/mol. The second-order valence-corrected chi connectivity index (χ2v) is 3.34. The molecule has 0 saturated heterocycles. The largest absolute Gasteiger partial charge is 0.424 e. The molecule has 15 heavy (non-hydrogen) atoms. The van der Waals surface area contributed by atoms with Crippen LogP contribution in [0.2, 0.25) is 0 Å². The first-order valence-corrected chi connectivity index (χ1v) is 4.62. The molecule has 2 aromatic heterocycles. The minimum Gasteiger partial charge on any atom is -0.424 e. The van der Waals surface area contributed by atoms with Crippen molar-refractivity contribution in [1.82, 2.24) is 9.97 Å². The van der Waals surface area contributed by atoms with Gasteiger partial charge in [0.2, 0.25) is 0 Å². The van der Waals surface area contributed by atoms with E-state index in [9.17, 15) is 0 Å². The number of benzene rings is 1. The molecule has 0 fully saturated rings. The van der Waals surface area contributed by atoms with E-state index in [1.54, 1.807) is 6.20 Å². The third kappa shape index (κ3) is 1.27. The van der Waals surface area contributed by atoms with Gasteiger partial charge in [0.25, 0.3) is 6.01 Å². The highest BCUT2D eigenvalue weighted by molar-refractivity contribution is 5.83. The van der Waals surface area contributed by atoms with E-state index in [0.717, 1.165) is 11.1 Å². The predicted molar refractivity (Wildman–Crippen MR) is 58.2 cm³/mol. The van der Waals surface area contributed by atoms with Crippen molar-refractivity contribution in [3.8, 4) is 11.3 Å². The summed E-state index contributed by atoms with van der Waals surface area (Å²) < 4.78 is 5.25. The first-order chi connectivity index (χ1) is 7.33. The second-order valence-electron chi connectivity index (χ2n) is 3.34. The molecule has 1 aromatic carbocycles. The average molecular weight is 199 g/mol. The predicted octanol–water partition coefficient (Wildman–Crippen LogP) is 2.41. The van der Waals surface area contributed by atoms with Gasteiger partial charge >= 0.3 is 0 Å². The minimum atomic E-state index is 0.191. The molecule has 0 aliphatic rings. The Balaban J connectivity index is 2.18. The van der Waals surface area contributed by atoms with Crippen molar-refractivity contribution in [1.29, 1.82) is 0 Å². The summed E-state index contributed by atoms with van der Waals surface area (Å²) in [5, 5.41) is 1.17. The number of nitrogens with zero attached hydrogens (tertiary/aromatic N) is 1. The summed E-state index contributed by atoms with van der Waals surface area (Å²) in [6, 6.07) is 8.23. The molecule has 0 radical (unpaired) electrons. The number of fused-ring (bicyclic) bond motifs is 1. The molecule has 0 aliphatic heterocycles. The number of anilines is 1. The van der Waals surface area contributed by atoms with Crippen molar-refractivity contribution in [3.05, 3.63) is 36.7 Å². The first kappa shape index (κ1) is 8.11. The van der Waals surface area contributed by atoms with Crippen LogP contribution in [0.15, 0.2) is 41.1 Å². The number of H-pyrrole nitrogens is 1. The normalized spacial score (nSPS) is 10.9. The molecule has 0 bridgehead atoms. The highest BCUT2D eigenvalue weighted by atomic mass is 16.4. The number of nitrogen functional groups attached to an aromatic ring is 1. The Hall–Kier alpha value is -2.23. The molecule has 3 N–H and O–H groups in total. The topological polar surface area (TPSA) is 67.8 Å². The minimum absolute atomic E-state index is 0.191. The third-order valence-electron chi connectivity index (χ3n) is 2.36. The number of nitrogens with one attached hydrogen (secondary N) is 1. The lowest BCUT2D eigenvalue weighted by Crippen LogP contribution is -1.80. The maximum Gasteiger partial charge on any atom is 0.292 e. The van der Waals surface area contributed by atoms with Gasteiger partial charge in [-0.05, 0) is 17.5 Å². The van der Waals surface area contributed by atoms with Crippen LogP contribution in [0.4, 0.5) is 6.01 Å². The quantitative estimate of drug-likeness (QED) is 0.632.